The van der Waals surface area contributed by atoms with Crippen molar-refractivity contribution in [2.24, 2.45) is 0 Å². The van der Waals surface area contributed by atoms with Gasteiger partial charge in [0.1, 0.15) is 5.75 Å². The molecule has 0 bridgehead atoms. The van der Waals surface area contributed by atoms with Gasteiger partial charge in [0.2, 0.25) is 0 Å². The van der Waals surface area contributed by atoms with Crippen LogP contribution < -0.4 is 15.4 Å². The van der Waals surface area contributed by atoms with Gasteiger partial charge in [0.25, 0.3) is 0 Å². The lowest BCUT2D eigenvalue weighted by Crippen LogP contribution is -2.55. The summed E-state index contributed by atoms with van der Waals surface area (Å²) >= 11 is 0. The maximum atomic E-state index is 11.5. The number of nitrogens with one attached hydrogen (secondary N) is 2. The summed E-state index contributed by atoms with van der Waals surface area (Å²) in [4.78, 5) is 11.5. The number of benzene rings is 1. The van der Waals surface area contributed by atoms with Gasteiger partial charge < -0.3 is 9.47 Å². The summed E-state index contributed by atoms with van der Waals surface area (Å²) in [7, 11) is 1.36. The zero-order valence-electron chi connectivity index (χ0n) is 15.6. The number of carbonyl (C=O) groups excluding carboxylic acids is 1. The van der Waals surface area contributed by atoms with Crippen LogP contribution in [0.5, 0.6) is 5.75 Å². The average Bonchev–Trinajstić information content (AvgIpc) is 2.87. The number of ether oxygens (including phenoxy) is 2. The molecule has 5 heteroatoms. The minimum Gasteiger partial charge on any atom is -0.479 e. The number of rotatable bonds is 6. The Bertz CT molecular complexity index is 574. The summed E-state index contributed by atoms with van der Waals surface area (Å²) in [5, 5.41) is 7.46. The van der Waals surface area contributed by atoms with Crippen LogP contribution in [0.15, 0.2) is 24.3 Å². The highest BCUT2D eigenvalue weighted by atomic mass is 16.6. The van der Waals surface area contributed by atoms with Crippen molar-refractivity contribution in [3.8, 4) is 5.75 Å². The molecule has 0 unspecified atom stereocenters. The molecule has 3 atom stereocenters. The first-order chi connectivity index (χ1) is 11.3. The maximum absolute atomic E-state index is 11.5. The van der Waals surface area contributed by atoms with Crippen molar-refractivity contribution in [2.45, 2.75) is 70.8 Å². The first kappa shape index (κ1) is 18.7. The molecule has 1 fully saturated rings. The molecule has 1 aromatic rings. The minimum atomic E-state index is -0.628. The monoisotopic (exact) mass is 334 g/mol. The molecule has 2 N–H and O–H groups in total. The second kappa shape index (κ2) is 7.11. The van der Waals surface area contributed by atoms with Gasteiger partial charge in [-0.3, -0.25) is 10.6 Å². The molecule has 24 heavy (non-hydrogen) atoms. The van der Waals surface area contributed by atoms with Crippen LogP contribution >= 0.6 is 0 Å². The van der Waals surface area contributed by atoms with Gasteiger partial charge in [-0.25, -0.2) is 4.79 Å². The highest BCUT2D eigenvalue weighted by molar-refractivity contribution is 5.74. The molecule has 0 saturated carbocycles. The van der Waals surface area contributed by atoms with Gasteiger partial charge in [0.05, 0.1) is 13.3 Å². The smallest absolute Gasteiger partial charge is 0.346 e. The Labute approximate surface area is 145 Å². The van der Waals surface area contributed by atoms with E-state index in [0.29, 0.717) is 5.75 Å². The molecule has 0 radical (unpaired) electrons. The van der Waals surface area contributed by atoms with E-state index in [1.165, 1.54) is 7.11 Å². The Balaban J connectivity index is 2.19. The molecule has 2 rings (SSSR count). The molecule has 1 aliphatic rings. The van der Waals surface area contributed by atoms with Crippen molar-refractivity contribution in [2.75, 3.05) is 7.11 Å². The zero-order chi connectivity index (χ0) is 18.0. The van der Waals surface area contributed by atoms with E-state index < -0.39 is 6.10 Å². The maximum Gasteiger partial charge on any atom is 0.346 e. The molecule has 1 heterocycles. The number of hydrogen-bond acceptors (Lipinski definition) is 5. The topological polar surface area (TPSA) is 59.6 Å². The lowest BCUT2D eigenvalue weighted by molar-refractivity contribution is -0.147. The number of hydrogen-bond donors (Lipinski definition) is 2. The third kappa shape index (κ3) is 3.42. The summed E-state index contributed by atoms with van der Waals surface area (Å²) < 4.78 is 10.4. The summed E-state index contributed by atoms with van der Waals surface area (Å²) in [5.41, 5.74) is 1.13. The predicted octanol–water partition coefficient (Wildman–Crippen LogP) is 3.16. The Morgan fingerprint density at radius 2 is 1.79 bits per heavy atom. The van der Waals surface area contributed by atoms with Gasteiger partial charge in [-0.15, -0.1) is 0 Å². The van der Waals surface area contributed by atoms with Crippen molar-refractivity contribution in [3.05, 3.63) is 29.8 Å². The Morgan fingerprint density at radius 3 is 2.29 bits per heavy atom. The quantitative estimate of drug-likeness (QED) is 0.783. The largest absolute Gasteiger partial charge is 0.479 e. The van der Waals surface area contributed by atoms with Gasteiger partial charge in [0, 0.05) is 11.1 Å². The Kier molecular flexibility index (Phi) is 5.56. The van der Waals surface area contributed by atoms with Crippen LogP contribution in [-0.2, 0) is 9.53 Å². The van der Waals surface area contributed by atoms with Crippen molar-refractivity contribution in [3.63, 3.8) is 0 Å². The lowest BCUT2D eigenvalue weighted by Gasteiger charge is -2.39. The summed E-state index contributed by atoms with van der Waals surface area (Å²) in [5.74, 6) is 0.284. The fourth-order valence-electron chi connectivity index (χ4n) is 3.33. The lowest BCUT2D eigenvalue weighted by atomic mass is 9.77. The van der Waals surface area contributed by atoms with E-state index >= 15 is 0 Å². The number of carbonyl (C=O) groups is 1. The van der Waals surface area contributed by atoms with Crippen LogP contribution in [-0.4, -0.2) is 30.3 Å². The van der Waals surface area contributed by atoms with Crippen LogP contribution in [0.3, 0.4) is 0 Å². The standard InChI is InChI=1S/C19H30N2O3/c1-7-18(4)19(5,8-2)21-16(20-18)14-10-9-11-15(12-14)24-13(3)17(22)23-6/h9-13,16,20-21H,7-8H2,1-6H3/t13-,18+,19+/m1/s1. The van der Waals surface area contributed by atoms with Gasteiger partial charge in [-0.05, 0) is 51.3 Å². The number of esters is 1. The third-order valence-electron chi connectivity index (χ3n) is 5.60. The molecular formula is C19H30N2O3. The van der Waals surface area contributed by atoms with E-state index in [-0.39, 0.29) is 23.2 Å². The molecule has 1 aliphatic heterocycles. The van der Waals surface area contributed by atoms with E-state index in [4.69, 9.17) is 9.47 Å². The molecule has 0 aromatic heterocycles. The minimum absolute atomic E-state index is 0.0165. The van der Waals surface area contributed by atoms with Crippen LogP contribution in [0.25, 0.3) is 0 Å². The fourth-order valence-corrected chi connectivity index (χ4v) is 3.33. The predicted molar refractivity (Wildman–Crippen MR) is 95.0 cm³/mol. The van der Waals surface area contributed by atoms with Gasteiger partial charge in [-0.2, -0.15) is 0 Å². The Morgan fingerprint density at radius 1 is 1.21 bits per heavy atom. The average molecular weight is 334 g/mol. The zero-order valence-corrected chi connectivity index (χ0v) is 15.6. The van der Waals surface area contributed by atoms with E-state index in [0.717, 1.165) is 18.4 Å². The number of methoxy groups -OCH3 is 1. The first-order valence-electron chi connectivity index (χ1n) is 8.68. The van der Waals surface area contributed by atoms with Crippen LogP contribution in [0.4, 0.5) is 0 Å². The summed E-state index contributed by atoms with van der Waals surface area (Å²) in [6, 6.07) is 7.85. The normalized spacial score (nSPS) is 28.6. The van der Waals surface area contributed by atoms with Crippen molar-refractivity contribution in [1.29, 1.82) is 0 Å². The summed E-state index contributed by atoms with van der Waals surface area (Å²) in [6.45, 7) is 10.6. The second-order valence-electron chi connectivity index (χ2n) is 6.95. The van der Waals surface area contributed by atoms with E-state index in [9.17, 15) is 4.79 Å². The van der Waals surface area contributed by atoms with Gasteiger partial charge >= 0.3 is 5.97 Å². The van der Waals surface area contributed by atoms with Crippen molar-refractivity contribution in [1.82, 2.24) is 10.6 Å². The molecule has 5 nitrogen and oxygen atoms in total. The highest BCUT2D eigenvalue weighted by Gasteiger charge is 2.49. The molecule has 1 aromatic carbocycles. The van der Waals surface area contributed by atoms with Crippen LogP contribution in [0.1, 0.15) is 59.2 Å². The SMILES string of the molecule is CC[C@]1(C)NC(c2cccc(O[C@H](C)C(=O)OC)c2)N[C@@]1(C)CC. The second-order valence-corrected chi connectivity index (χ2v) is 6.95. The highest BCUT2D eigenvalue weighted by Crippen LogP contribution is 2.38. The van der Waals surface area contributed by atoms with E-state index in [1.807, 2.05) is 18.2 Å². The van der Waals surface area contributed by atoms with Crippen molar-refractivity contribution < 1.29 is 14.3 Å². The van der Waals surface area contributed by atoms with Gasteiger partial charge in [-0.1, -0.05) is 26.0 Å². The molecule has 0 aliphatic carbocycles. The van der Waals surface area contributed by atoms with Crippen LogP contribution in [0, 0.1) is 0 Å². The van der Waals surface area contributed by atoms with Crippen molar-refractivity contribution >= 4 is 5.97 Å². The third-order valence-corrected chi connectivity index (χ3v) is 5.60. The van der Waals surface area contributed by atoms with Crippen LogP contribution in [0.2, 0.25) is 0 Å². The van der Waals surface area contributed by atoms with E-state index in [2.05, 4.69) is 44.4 Å². The molecule has 1 saturated heterocycles. The van der Waals surface area contributed by atoms with E-state index in [1.54, 1.807) is 6.92 Å². The fraction of sp³-hybridized carbons (Fsp3) is 0.632. The van der Waals surface area contributed by atoms with Gasteiger partial charge in [0.15, 0.2) is 6.10 Å². The first-order valence-corrected chi connectivity index (χ1v) is 8.68. The Hall–Kier alpha value is -1.59. The molecule has 0 amide bonds. The molecular weight excluding hydrogens is 304 g/mol. The molecule has 0 spiro atoms. The molecule has 134 valence electrons. The summed E-state index contributed by atoms with van der Waals surface area (Å²) in [6.07, 6.45) is 1.50.